The zero-order chi connectivity index (χ0) is 15.5. The number of aryl methyl sites for hydroxylation is 1. The third kappa shape index (κ3) is 2.56. The molecule has 0 saturated carbocycles. The molecule has 2 heteroatoms. The van der Waals surface area contributed by atoms with Crippen molar-refractivity contribution in [3.8, 4) is 33.8 Å². The molecule has 0 aliphatic carbocycles. The molecule has 3 aromatic carbocycles. The van der Waals surface area contributed by atoms with E-state index in [4.69, 9.17) is 0 Å². The summed E-state index contributed by atoms with van der Waals surface area (Å²) in [6.07, 6.45) is 0.871. The molecule has 0 radical (unpaired) electrons. The molecule has 0 atom stereocenters. The first-order valence-electron chi connectivity index (χ1n) is 7.40. The third-order valence-electron chi connectivity index (χ3n) is 3.87. The zero-order valence-electron chi connectivity index (χ0n) is 12.5. The predicted octanol–water partition coefficient (Wildman–Crippen LogP) is 4.99. The van der Waals surface area contributed by atoms with Crippen molar-refractivity contribution in [3.63, 3.8) is 0 Å². The Labute approximate surface area is 130 Å². The van der Waals surface area contributed by atoms with Gasteiger partial charge in [0.2, 0.25) is 0 Å². The summed E-state index contributed by atoms with van der Waals surface area (Å²) < 4.78 is 0. The van der Waals surface area contributed by atoms with E-state index in [-0.39, 0.29) is 11.5 Å². The predicted molar refractivity (Wildman–Crippen MR) is 90.0 cm³/mol. The van der Waals surface area contributed by atoms with Gasteiger partial charge in [-0.2, -0.15) is 0 Å². The van der Waals surface area contributed by atoms with Crippen LogP contribution < -0.4 is 0 Å². The quantitative estimate of drug-likeness (QED) is 0.713. The van der Waals surface area contributed by atoms with E-state index in [9.17, 15) is 10.2 Å². The number of rotatable bonds is 3. The molecule has 0 bridgehead atoms. The molecule has 0 heterocycles. The van der Waals surface area contributed by atoms with Crippen molar-refractivity contribution < 1.29 is 10.2 Å². The van der Waals surface area contributed by atoms with Crippen LogP contribution in [0.4, 0.5) is 0 Å². The summed E-state index contributed by atoms with van der Waals surface area (Å²) >= 11 is 0. The summed E-state index contributed by atoms with van der Waals surface area (Å²) in [5, 5.41) is 20.0. The van der Waals surface area contributed by atoms with Crippen LogP contribution in [0, 0.1) is 0 Å². The van der Waals surface area contributed by atoms with E-state index in [1.54, 1.807) is 18.2 Å². The van der Waals surface area contributed by atoms with Gasteiger partial charge in [-0.25, -0.2) is 0 Å². The van der Waals surface area contributed by atoms with E-state index in [2.05, 4.69) is 6.92 Å². The van der Waals surface area contributed by atoms with Crippen molar-refractivity contribution in [1.29, 1.82) is 0 Å². The van der Waals surface area contributed by atoms with Crippen molar-refractivity contribution in [2.75, 3.05) is 0 Å². The molecule has 0 aliphatic heterocycles. The molecule has 22 heavy (non-hydrogen) atoms. The monoisotopic (exact) mass is 290 g/mol. The highest BCUT2D eigenvalue weighted by molar-refractivity contribution is 5.89. The molecule has 0 aliphatic rings. The molecule has 2 N–H and O–H groups in total. The number of aromatic hydroxyl groups is 2. The van der Waals surface area contributed by atoms with Crippen LogP contribution in [0.15, 0.2) is 66.7 Å². The highest BCUT2D eigenvalue weighted by atomic mass is 16.3. The maximum atomic E-state index is 10.4. The molecular formula is C20H18O2. The molecule has 0 unspecified atom stereocenters. The van der Waals surface area contributed by atoms with Crippen LogP contribution in [-0.2, 0) is 6.42 Å². The minimum atomic E-state index is 0.239. The van der Waals surface area contributed by atoms with Gasteiger partial charge in [0.15, 0.2) is 0 Å². The molecule has 3 rings (SSSR count). The van der Waals surface area contributed by atoms with Crippen LogP contribution >= 0.6 is 0 Å². The normalized spacial score (nSPS) is 10.6. The van der Waals surface area contributed by atoms with Gasteiger partial charge < -0.3 is 10.2 Å². The Morgan fingerprint density at radius 2 is 1.32 bits per heavy atom. The molecular weight excluding hydrogens is 272 g/mol. The Kier molecular flexibility index (Phi) is 3.84. The molecule has 0 spiro atoms. The molecule has 0 fully saturated rings. The van der Waals surface area contributed by atoms with E-state index in [1.165, 1.54) is 5.56 Å². The lowest BCUT2D eigenvalue weighted by atomic mass is 9.89. The average Bonchev–Trinajstić information content (AvgIpc) is 2.56. The fraction of sp³-hybridized carbons (Fsp3) is 0.100. The number of benzene rings is 3. The van der Waals surface area contributed by atoms with Crippen molar-refractivity contribution in [1.82, 2.24) is 0 Å². The Balaban J connectivity index is 2.31. The molecule has 110 valence electrons. The molecule has 3 aromatic rings. The summed E-state index contributed by atoms with van der Waals surface area (Å²) in [6, 6.07) is 20.7. The van der Waals surface area contributed by atoms with Gasteiger partial charge in [-0.1, -0.05) is 55.5 Å². The highest BCUT2D eigenvalue weighted by Crippen LogP contribution is 2.41. The summed E-state index contributed by atoms with van der Waals surface area (Å²) in [7, 11) is 0. The summed E-state index contributed by atoms with van der Waals surface area (Å²) in [6.45, 7) is 2.10. The Hall–Kier alpha value is -2.74. The smallest absolute Gasteiger partial charge is 0.124 e. The highest BCUT2D eigenvalue weighted by Gasteiger charge is 2.15. The lowest BCUT2D eigenvalue weighted by molar-refractivity contribution is 0.475. The first kappa shape index (κ1) is 14.2. The van der Waals surface area contributed by atoms with Crippen molar-refractivity contribution in [3.05, 3.63) is 72.3 Å². The van der Waals surface area contributed by atoms with Crippen molar-refractivity contribution in [2.45, 2.75) is 13.3 Å². The Bertz CT molecular complexity index is 775. The van der Waals surface area contributed by atoms with Gasteiger partial charge in [0, 0.05) is 5.56 Å². The van der Waals surface area contributed by atoms with Crippen LogP contribution in [0.5, 0.6) is 11.5 Å². The van der Waals surface area contributed by atoms with Gasteiger partial charge in [0.1, 0.15) is 11.5 Å². The fourth-order valence-electron chi connectivity index (χ4n) is 2.78. The topological polar surface area (TPSA) is 40.5 Å². The van der Waals surface area contributed by atoms with Gasteiger partial charge in [-0.05, 0) is 46.9 Å². The average molecular weight is 290 g/mol. The first-order valence-corrected chi connectivity index (χ1v) is 7.40. The minimum absolute atomic E-state index is 0.239. The molecule has 0 aromatic heterocycles. The minimum Gasteiger partial charge on any atom is -0.508 e. The number of hydrogen-bond acceptors (Lipinski definition) is 2. The third-order valence-corrected chi connectivity index (χ3v) is 3.87. The van der Waals surface area contributed by atoms with E-state index in [1.807, 2.05) is 48.5 Å². The largest absolute Gasteiger partial charge is 0.508 e. The number of phenols is 2. The van der Waals surface area contributed by atoms with Crippen LogP contribution in [0.2, 0.25) is 0 Å². The zero-order valence-corrected chi connectivity index (χ0v) is 12.5. The molecule has 0 amide bonds. The van der Waals surface area contributed by atoms with Gasteiger partial charge in [0.05, 0.1) is 0 Å². The summed E-state index contributed by atoms with van der Waals surface area (Å²) in [5.41, 5.74) is 5.00. The van der Waals surface area contributed by atoms with Crippen LogP contribution in [0.25, 0.3) is 22.3 Å². The van der Waals surface area contributed by atoms with Crippen LogP contribution in [0.3, 0.4) is 0 Å². The fourth-order valence-corrected chi connectivity index (χ4v) is 2.78. The number of phenolic OH excluding ortho intramolecular Hbond substituents is 2. The standard InChI is InChI=1S/C20H18O2/c1-2-14-10-13-18(22)20(15-6-4-3-5-7-15)19(14)16-8-11-17(21)12-9-16/h3-13,21-22H,2H2,1H3. The van der Waals surface area contributed by atoms with Crippen molar-refractivity contribution in [2.24, 2.45) is 0 Å². The SMILES string of the molecule is CCc1ccc(O)c(-c2ccccc2)c1-c1ccc(O)cc1. The van der Waals surface area contributed by atoms with Crippen LogP contribution in [0.1, 0.15) is 12.5 Å². The second kappa shape index (κ2) is 5.94. The number of hydrogen-bond donors (Lipinski definition) is 2. The van der Waals surface area contributed by atoms with E-state index in [0.717, 1.165) is 28.7 Å². The van der Waals surface area contributed by atoms with E-state index >= 15 is 0 Å². The second-order valence-corrected chi connectivity index (χ2v) is 5.26. The van der Waals surface area contributed by atoms with E-state index < -0.39 is 0 Å². The first-order chi connectivity index (χ1) is 10.7. The van der Waals surface area contributed by atoms with E-state index in [0.29, 0.717) is 0 Å². The summed E-state index contributed by atoms with van der Waals surface area (Å²) in [4.78, 5) is 0. The Morgan fingerprint density at radius 1 is 0.682 bits per heavy atom. The Morgan fingerprint density at radius 3 is 1.95 bits per heavy atom. The van der Waals surface area contributed by atoms with Crippen LogP contribution in [-0.4, -0.2) is 10.2 Å². The van der Waals surface area contributed by atoms with Gasteiger partial charge in [-0.15, -0.1) is 0 Å². The second-order valence-electron chi connectivity index (χ2n) is 5.26. The maximum Gasteiger partial charge on any atom is 0.124 e. The molecule has 0 saturated heterocycles. The van der Waals surface area contributed by atoms with Gasteiger partial charge in [0.25, 0.3) is 0 Å². The van der Waals surface area contributed by atoms with Crippen molar-refractivity contribution >= 4 is 0 Å². The lowest BCUT2D eigenvalue weighted by Gasteiger charge is -2.16. The van der Waals surface area contributed by atoms with Gasteiger partial charge >= 0.3 is 0 Å². The van der Waals surface area contributed by atoms with Gasteiger partial charge in [-0.3, -0.25) is 0 Å². The molecule has 2 nitrogen and oxygen atoms in total. The lowest BCUT2D eigenvalue weighted by Crippen LogP contribution is -1.93. The summed E-state index contributed by atoms with van der Waals surface area (Å²) in [5.74, 6) is 0.509. The maximum absolute atomic E-state index is 10.4.